The molecule has 17 heavy (non-hydrogen) atoms. The topological polar surface area (TPSA) is 63.4 Å². The fraction of sp³-hybridized carbons (Fsp3) is 0.500. The van der Waals surface area contributed by atoms with E-state index in [9.17, 15) is 8.42 Å². The first kappa shape index (κ1) is 12.4. The highest BCUT2D eigenvalue weighted by Gasteiger charge is 2.40. The van der Waals surface area contributed by atoms with Gasteiger partial charge in [0.1, 0.15) is 0 Å². The molecule has 2 rings (SSSR count). The zero-order chi connectivity index (χ0) is 12.7. The van der Waals surface area contributed by atoms with Crippen LogP contribution in [0, 0.1) is 0 Å². The van der Waals surface area contributed by atoms with Crippen molar-refractivity contribution in [3.05, 3.63) is 24.3 Å². The minimum absolute atomic E-state index is 0.291. The van der Waals surface area contributed by atoms with Crippen molar-refractivity contribution in [2.24, 2.45) is 0 Å². The summed E-state index contributed by atoms with van der Waals surface area (Å²) in [5, 5.41) is 0. The van der Waals surface area contributed by atoms with Crippen molar-refractivity contribution >= 4 is 15.7 Å². The molecule has 0 bridgehead atoms. The van der Waals surface area contributed by atoms with E-state index in [2.05, 4.69) is 0 Å². The number of hydrogen-bond donors (Lipinski definition) is 1. The van der Waals surface area contributed by atoms with E-state index in [1.54, 1.807) is 28.6 Å². The van der Waals surface area contributed by atoms with Gasteiger partial charge in [-0.2, -0.15) is 4.31 Å². The molecule has 0 amide bonds. The molecular formula is C12H18N2O2S. The van der Waals surface area contributed by atoms with Gasteiger partial charge < -0.3 is 5.73 Å². The Morgan fingerprint density at radius 2 is 1.82 bits per heavy atom. The van der Waals surface area contributed by atoms with Gasteiger partial charge in [0.05, 0.1) is 4.90 Å². The van der Waals surface area contributed by atoms with Crippen LogP contribution in [0.4, 0.5) is 5.69 Å². The number of nitrogen functional groups attached to an aromatic ring is 1. The van der Waals surface area contributed by atoms with Crippen LogP contribution in [0.25, 0.3) is 0 Å². The lowest BCUT2D eigenvalue weighted by Gasteiger charge is -2.30. The van der Waals surface area contributed by atoms with Gasteiger partial charge >= 0.3 is 0 Å². The Morgan fingerprint density at radius 1 is 1.24 bits per heavy atom. The molecule has 1 aromatic rings. The van der Waals surface area contributed by atoms with E-state index in [-0.39, 0.29) is 5.54 Å². The van der Waals surface area contributed by atoms with E-state index in [0.717, 1.165) is 12.8 Å². The summed E-state index contributed by atoms with van der Waals surface area (Å²) in [6.07, 6.45) is 1.82. The maximum atomic E-state index is 12.4. The summed E-state index contributed by atoms with van der Waals surface area (Å²) in [4.78, 5) is 0.321. The number of sulfonamides is 1. The third kappa shape index (κ3) is 2.17. The minimum atomic E-state index is -3.39. The highest BCUT2D eigenvalue weighted by Crippen LogP contribution is 2.33. The zero-order valence-corrected chi connectivity index (χ0v) is 11.0. The van der Waals surface area contributed by atoms with Gasteiger partial charge in [0.2, 0.25) is 10.0 Å². The number of benzene rings is 1. The number of hydrogen-bond acceptors (Lipinski definition) is 3. The van der Waals surface area contributed by atoms with Crippen LogP contribution in [-0.4, -0.2) is 24.8 Å². The van der Waals surface area contributed by atoms with E-state index in [1.165, 1.54) is 0 Å². The van der Waals surface area contributed by atoms with Crippen LogP contribution >= 0.6 is 0 Å². The van der Waals surface area contributed by atoms with Gasteiger partial charge in [0.25, 0.3) is 0 Å². The molecule has 4 nitrogen and oxygen atoms in total. The summed E-state index contributed by atoms with van der Waals surface area (Å²) in [6, 6.07) is 6.38. The van der Waals surface area contributed by atoms with Gasteiger partial charge in [-0.15, -0.1) is 0 Å². The lowest BCUT2D eigenvalue weighted by Crippen LogP contribution is -2.42. The summed E-state index contributed by atoms with van der Waals surface area (Å²) in [5.41, 5.74) is 5.85. The smallest absolute Gasteiger partial charge is 0.243 e. The first-order valence-corrected chi connectivity index (χ1v) is 7.16. The van der Waals surface area contributed by atoms with Crippen LogP contribution in [0.5, 0.6) is 0 Å². The molecule has 1 saturated heterocycles. The largest absolute Gasteiger partial charge is 0.399 e. The molecular weight excluding hydrogens is 236 g/mol. The molecule has 0 radical (unpaired) electrons. The summed E-state index contributed by atoms with van der Waals surface area (Å²) in [5.74, 6) is 0. The highest BCUT2D eigenvalue weighted by atomic mass is 32.2. The molecule has 1 aliphatic rings. The summed E-state index contributed by atoms with van der Waals surface area (Å²) >= 11 is 0. The van der Waals surface area contributed by atoms with Crippen molar-refractivity contribution in [3.63, 3.8) is 0 Å². The first-order valence-electron chi connectivity index (χ1n) is 5.72. The lowest BCUT2D eigenvalue weighted by atomic mass is 10.0. The Morgan fingerprint density at radius 3 is 2.29 bits per heavy atom. The maximum Gasteiger partial charge on any atom is 0.243 e. The fourth-order valence-electron chi connectivity index (χ4n) is 2.30. The summed E-state index contributed by atoms with van der Waals surface area (Å²) < 4.78 is 26.5. The van der Waals surface area contributed by atoms with Crippen LogP contribution in [-0.2, 0) is 10.0 Å². The molecule has 1 fully saturated rings. The van der Waals surface area contributed by atoms with Gasteiger partial charge in [-0.05, 0) is 51.0 Å². The molecule has 2 N–H and O–H groups in total. The van der Waals surface area contributed by atoms with E-state index in [1.807, 2.05) is 13.8 Å². The lowest BCUT2D eigenvalue weighted by molar-refractivity contribution is 0.292. The zero-order valence-electron chi connectivity index (χ0n) is 10.2. The quantitative estimate of drug-likeness (QED) is 0.819. The fourth-order valence-corrected chi connectivity index (χ4v) is 4.14. The second kappa shape index (κ2) is 3.99. The monoisotopic (exact) mass is 254 g/mol. The van der Waals surface area contributed by atoms with Gasteiger partial charge in [-0.1, -0.05) is 0 Å². The van der Waals surface area contributed by atoms with E-state index >= 15 is 0 Å². The predicted molar refractivity (Wildman–Crippen MR) is 68.1 cm³/mol. The second-order valence-corrected chi connectivity index (χ2v) is 6.92. The van der Waals surface area contributed by atoms with Crippen molar-refractivity contribution in [2.45, 2.75) is 37.1 Å². The third-order valence-electron chi connectivity index (χ3n) is 3.29. The molecule has 0 aliphatic carbocycles. The average Bonchev–Trinajstić information content (AvgIpc) is 2.59. The molecule has 0 unspecified atom stereocenters. The number of anilines is 1. The van der Waals surface area contributed by atoms with Gasteiger partial charge in [-0.25, -0.2) is 8.42 Å². The van der Waals surface area contributed by atoms with Crippen LogP contribution in [0.1, 0.15) is 26.7 Å². The van der Waals surface area contributed by atoms with Crippen molar-refractivity contribution in [1.29, 1.82) is 0 Å². The summed E-state index contributed by atoms with van der Waals surface area (Å²) in [6.45, 7) is 4.53. The molecule has 1 heterocycles. The second-order valence-electron chi connectivity index (χ2n) is 5.06. The van der Waals surface area contributed by atoms with Crippen LogP contribution in [0.15, 0.2) is 29.2 Å². The molecule has 1 aliphatic heterocycles. The molecule has 0 aromatic heterocycles. The Bertz CT molecular complexity index is 506. The number of nitrogens with zero attached hydrogens (tertiary/aromatic N) is 1. The summed E-state index contributed by atoms with van der Waals surface area (Å²) in [7, 11) is -3.39. The molecule has 0 spiro atoms. The normalized spacial score (nSPS) is 20.6. The average molecular weight is 254 g/mol. The number of rotatable bonds is 2. The standard InChI is InChI=1S/C12H18N2O2S/c1-12(2)8-3-9-14(12)17(15,16)11-6-4-10(13)5-7-11/h4-7H,3,8-9,13H2,1-2H3. The Hall–Kier alpha value is -1.07. The SMILES string of the molecule is CC1(C)CCCN1S(=O)(=O)c1ccc(N)cc1. The van der Waals surface area contributed by atoms with Gasteiger partial charge in [0, 0.05) is 17.8 Å². The van der Waals surface area contributed by atoms with E-state index in [4.69, 9.17) is 5.73 Å². The molecule has 1 aromatic carbocycles. The molecule has 94 valence electrons. The highest BCUT2D eigenvalue weighted by molar-refractivity contribution is 7.89. The van der Waals surface area contributed by atoms with Crippen LogP contribution in [0.3, 0.4) is 0 Å². The van der Waals surface area contributed by atoms with E-state index in [0.29, 0.717) is 17.1 Å². The van der Waals surface area contributed by atoms with Gasteiger partial charge in [-0.3, -0.25) is 0 Å². The number of nitrogens with two attached hydrogens (primary N) is 1. The predicted octanol–water partition coefficient (Wildman–Crippen LogP) is 1.83. The van der Waals surface area contributed by atoms with Crippen molar-refractivity contribution < 1.29 is 8.42 Å². The van der Waals surface area contributed by atoms with Crippen molar-refractivity contribution in [2.75, 3.05) is 12.3 Å². The Balaban J connectivity index is 2.40. The first-order chi connectivity index (χ1) is 7.84. The minimum Gasteiger partial charge on any atom is -0.399 e. The van der Waals surface area contributed by atoms with Crippen LogP contribution in [0.2, 0.25) is 0 Å². The van der Waals surface area contributed by atoms with Crippen molar-refractivity contribution in [3.8, 4) is 0 Å². The molecule has 0 saturated carbocycles. The Kier molecular flexibility index (Phi) is 2.91. The van der Waals surface area contributed by atoms with Crippen molar-refractivity contribution in [1.82, 2.24) is 4.31 Å². The van der Waals surface area contributed by atoms with Gasteiger partial charge in [0.15, 0.2) is 0 Å². The molecule has 0 atom stereocenters. The van der Waals surface area contributed by atoms with Crippen LogP contribution < -0.4 is 5.73 Å². The molecule has 5 heteroatoms. The maximum absolute atomic E-state index is 12.4. The van der Waals surface area contributed by atoms with E-state index < -0.39 is 10.0 Å². The Labute approximate surface area is 102 Å². The third-order valence-corrected chi connectivity index (χ3v) is 5.42.